The summed E-state index contributed by atoms with van der Waals surface area (Å²) in [6.07, 6.45) is 6.46. The van der Waals surface area contributed by atoms with Gasteiger partial charge < -0.3 is 9.47 Å². The summed E-state index contributed by atoms with van der Waals surface area (Å²) in [6, 6.07) is 0. The average Bonchev–Trinajstić information content (AvgIpc) is 2.73. The predicted octanol–water partition coefficient (Wildman–Crippen LogP) is 1.98. The van der Waals surface area contributed by atoms with Crippen LogP contribution < -0.4 is 0 Å². The second-order valence-corrected chi connectivity index (χ2v) is 5.42. The molecule has 1 heterocycles. The Hall–Kier alpha value is -1.32. The van der Waals surface area contributed by atoms with Crippen molar-refractivity contribution < 1.29 is 19.1 Å². The molecule has 3 atom stereocenters. The van der Waals surface area contributed by atoms with Gasteiger partial charge in [0.2, 0.25) is 0 Å². The quantitative estimate of drug-likeness (QED) is 0.405. The largest absolute Gasteiger partial charge is 0.468 e. The van der Waals surface area contributed by atoms with E-state index in [0.29, 0.717) is 0 Å². The molecule has 3 rings (SSSR count). The van der Waals surface area contributed by atoms with Crippen LogP contribution in [-0.2, 0) is 19.1 Å². The molecule has 4 heteroatoms. The molecule has 1 saturated heterocycles. The lowest BCUT2D eigenvalue weighted by atomic mass is 9.88. The Labute approximate surface area is 106 Å². The molecule has 4 nitrogen and oxygen atoms in total. The highest BCUT2D eigenvalue weighted by molar-refractivity contribution is 5.97. The van der Waals surface area contributed by atoms with E-state index in [2.05, 4.69) is 0 Å². The van der Waals surface area contributed by atoms with Crippen LogP contribution in [0.3, 0.4) is 0 Å². The zero-order chi connectivity index (χ0) is 12.7. The van der Waals surface area contributed by atoms with Crippen molar-refractivity contribution in [2.75, 3.05) is 7.11 Å². The number of esters is 2. The highest BCUT2D eigenvalue weighted by Crippen LogP contribution is 2.48. The van der Waals surface area contributed by atoms with Crippen LogP contribution in [0, 0.1) is 11.8 Å². The van der Waals surface area contributed by atoms with Crippen molar-refractivity contribution in [1.82, 2.24) is 0 Å². The molecule has 3 aliphatic rings. The van der Waals surface area contributed by atoms with E-state index in [1.807, 2.05) is 0 Å². The van der Waals surface area contributed by atoms with E-state index in [9.17, 15) is 9.59 Å². The van der Waals surface area contributed by atoms with Crippen LogP contribution in [0.2, 0.25) is 0 Å². The first-order chi connectivity index (χ1) is 8.72. The Kier molecular flexibility index (Phi) is 2.88. The lowest BCUT2D eigenvalue weighted by molar-refractivity contribution is -0.155. The van der Waals surface area contributed by atoms with Crippen LogP contribution in [0.1, 0.15) is 38.5 Å². The van der Waals surface area contributed by atoms with Crippen molar-refractivity contribution in [2.45, 2.75) is 44.6 Å². The topological polar surface area (TPSA) is 52.6 Å². The van der Waals surface area contributed by atoms with Gasteiger partial charge in [0.15, 0.2) is 5.92 Å². The molecule has 0 aromatic carbocycles. The summed E-state index contributed by atoms with van der Waals surface area (Å²) in [6.45, 7) is 0. The Bertz CT molecular complexity index is 424. The minimum Gasteiger partial charge on any atom is -0.468 e. The monoisotopic (exact) mass is 250 g/mol. The SMILES string of the molecule is COC(=O)C1C(=O)OC2C3=C(CCCCC3)CC21. The molecule has 0 amide bonds. The van der Waals surface area contributed by atoms with Crippen molar-refractivity contribution >= 4 is 11.9 Å². The zero-order valence-electron chi connectivity index (χ0n) is 10.6. The van der Waals surface area contributed by atoms with E-state index >= 15 is 0 Å². The molecule has 0 saturated carbocycles. The Morgan fingerprint density at radius 1 is 1.28 bits per heavy atom. The average molecular weight is 250 g/mol. The third-order valence-corrected chi connectivity index (χ3v) is 4.47. The normalized spacial score (nSPS) is 34.7. The van der Waals surface area contributed by atoms with Crippen molar-refractivity contribution in [2.24, 2.45) is 11.8 Å². The van der Waals surface area contributed by atoms with Gasteiger partial charge in [-0.25, -0.2) is 0 Å². The number of methoxy groups -OCH3 is 1. The van der Waals surface area contributed by atoms with Crippen molar-refractivity contribution in [1.29, 1.82) is 0 Å². The highest BCUT2D eigenvalue weighted by atomic mass is 16.6. The van der Waals surface area contributed by atoms with Crippen LogP contribution in [0.25, 0.3) is 0 Å². The van der Waals surface area contributed by atoms with Crippen LogP contribution in [0.15, 0.2) is 11.1 Å². The van der Waals surface area contributed by atoms with E-state index in [1.54, 1.807) is 0 Å². The first-order valence-electron chi connectivity index (χ1n) is 6.71. The van der Waals surface area contributed by atoms with Crippen LogP contribution >= 0.6 is 0 Å². The molecule has 0 spiro atoms. The molecule has 0 aromatic heterocycles. The number of rotatable bonds is 1. The second-order valence-electron chi connectivity index (χ2n) is 5.42. The molecule has 1 aliphatic heterocycles. The molecule has 0 bridgehead atoms. The van der Waals surface area contributed by atoms with E-state index in [1.165, 1.54) is 37.5 Å². The maximum absolute atomic E-state index is 11.8. The predicted molar refractivity (Wildman–Crippen MR) is 63.6 cm³/mol. The number of carbonyl (C=O) groups is 2. The summed E-state index contributed by atoms with van der Waals surface area (Å²) in [5.41, 5.74) is 2.74. The standard InChI is InChI=1S/C14H18O4/c1-17-13(15)11-10-7-8-5-3-2-4-6-9(8)12(10)18-14(11)16/h10-12H,2-7H2,1H3. The maximum atomic E-state index is 11.8. The fourth-order valence-electron chi connectivity index (χ4n) is 3.62. The smallest absolute Gasteiger partial charge is 0.321 e. The number of hydrogen-bond acceptors (Lipinski definition) is 4. The zero-order valence-corrected chi connectivity index (χ0v) is 10.6. The first-order valence-corrected chi connectivity index (χ1v) is 6.71. The Morgan fingerprint density at radius 3 is 2.83 bits per heavy atom. The van der Waals surface area contributed by atoms with Crippen molar-refractivity contribution in [3.8, 4) is 0 Å². The van der Waals surface area contributed by atoms with E-state index < -0.39 is 17.9 Å². The molecule has 1 fully saturated rings. The molecule has 2 aliphatic carbocycles. The molecule has 0 radical (unpaired) electrons. The van der Waals surface area contributed by atoms with E-state index in [4.69, 9.17) is 9.47 Å². The number of carbonyl (C=O) groups excluding carboxylic acids is 2. The van der Waals surface area contributed by atoms with Gasteiger partial charge in [-0.05, 0) is 37.7 Å². The molecule has 0 aromatic rings. The van der Waals surface area contributed by atoms with Gasteiger partial charge in [-0.3, -0.25) is 9.59 Å². The number of ether oxygens (including phenoxy) is 2. The Balaban J connectivity index is 1.85. The molecule has 18 heavy (non-hydrogen) atoms. The summed E-state index contributed by atoms with van der Waals surface area (Å²) >= 11 is 0. The number of allylic oxidation sites excluding steroid dienone is 1. The molecular weight excluding hydrogens is 232 g/mol. The fourth-order valence-corrected chi connectivity index (χ4v) is 3.62. The minimum atomic E-state index is -0.702. The Morgan fingerprint density at radius 2 is 2.06 bits per heavy atom. The lowest BCUT2D eigenvalue weighted by Gasteiger charge is -2.14. The lowest BCUT2D eigenvalue weighted by Crippen LogP contribution is -2.27. The second kappa shape index (κ2) is 4.41. The van der Waals surface area contributed by atoms with Gasteiger partial charge >= 0.3 is 11.9 Å². The van der Waals surface area contributed by atoms with Crippen molar-refractivity contribution in [3.05, 3.63) is 11.1 Å². The van der Waals surface area contributed by atoms with Gasteiger partial charge in [0.25, 0.3) is 0 Å². The van der Waals surface area contributed by atoms with Gasteiger partial charge in [0.05, 0.1) is 7.11 Å². The summed E-state index contributed by atoms with van der Waals surface area (Å²) in [5, 5.41) is 0. The van der Waals surface area contributed by atoms with E-state index in [0.717, 1.165) is 19.3 Å². The summed E-state index contributed by atoms with van der Waals surface area (Å²) < 4.78 is 10.2. The minimum absolute atomic E-state index is 0.00644. The summed E-state index contributed by atoms with van der Waals surface area (Å²) in [5.74, 6) is -1.54. The third-order valence-electron chi connectivity index (χ3n) is 4.47. The molecular formula is C14H18O4. The van der Waals surface area contributed by atoms with Gasteiger partial charge in [-0.2, -0.15) is 0 Å². The fraction of sp³-hybridized carbons (Fsp3) is 0.714. The van der Waals surface area contributed by atoms with Gasteiger partial charge in [-0.15, -0.1) is 0 Å². The maximum Gasteiger partial charge on any atom is 0.321 e. The molecule has 0 N–H and O–H groups in total. The van der Waals surface area contributed by atoms with E-state index in [-0.39, 0.29) is 12.0 Å². The molecule has 3 unspecified atom stereocenters. The third kappa shape index (κ3) is 1.66. The van der Waals surface area contributed by atoms with Gasteiger partial charge in [-0.1, -0.05) is 12.0 Å². The first kappa shape index (κ1) is 11.8. The highest BCUT2D eigenvalue weighted by Gasteiger charge is 2.54. The van der Waals surface area contributed by atoms with Gasteiger partial charge in [0, 0.05) is 5.92 Å². The van der Waals surface area contributed by atoms with Crippen LogP contribution in [0.5, 0.6) is 0 Å². The van der Waals surface area contributed by atoms with Gasteiger partial charge in [0.1, 0.15) is 6.10 Å². The van der Waals surface area contributed by atoms with Crippen LogP contribution in [0.4, 0.5) is 0 Å². The summed E-state index contributed by atoms with van der Waals surface area (Å²) in [7, 11) is 1.33. The summed E-state index contributed by atoms with van der Waals surface area (Å²) in [4.78, 5) is 23.5. The number of hydrogen-bond donors (Lipinski definition) is 0. The molecule has 98 valence electrons. The van der Waals surface area contributed by atoms with Crippen molar-refractivity contribution in [3.63, 3.8) is 0 Å². The number of fused-ring (bicyclic) bond motifs is 2. The van der Waals surface area contributed by atoms with Crippen LogP contribution in [-0.4, -0.2) is 25.2 Å².